The maximum absolute atomic E-state index is 13.4. The van der Waals surface area contributed by atoms with Gasteiger partial charge in [-0.15, -0.1) is 0 Å². The average molecular weight is 254 g/mol. The topological polar surface area (TPSA) is 64.3 Å². The van der Waals surface area contributed by atoms with E-state index in [0.717, 1.165) is 12.0 Å². The van der Waals surface area contributed by atoms with Crippen LogP contribution >= 0.6 is 0 Å². The minimum absolute atomic E-state index is 0.0235. The molecule has 4 nitrogen and oxygen atoms in total. The molecule has 1 atom stereocenters. The highest BCUT2D eigenvalue weighted by atomic mass is 19.1. The number of primary amides is 1. The number of aryl methyl sites for hydroxylation is 1. The summed E-state index contributed by atoms with van der Waals surface area (Å²) in [4.78, 5) is 11.2. The average Bonchev–Trinajstić information content (AvgIpc) is 2.33. The molecule has 0 bridgehead atoms. The Labute approximate surface area is 106 Å². The third-order valence-corrected chi connectivity index (χ3v) is 2.48. The molecule has 0 aliphatic carbocycles. The summed E-state index contributed by atoms with van der Waals surface area (Å²) in [5, 5.41) is 2.95. The molecule has 1 aromatic carbocycles. The summed E-state index contributed by atoms with van der Waals surface area (Å²) >= 11 is 0. The van der Waals surface area contributed by atoms with Crippen LogP contribution in [0.2, 0.25) is 0 Å². The fraction of sp³-hybridized carbons (Fsp3) is 0.462. The van der Waals surface area contributed by atoms with Crippen LogP contribution in [0.4, 0.5) is 4.39 Å². The zero-order chi connectivity index (χ0) is 13.5. The first kappa shape index (κ1) is 14.4. The molecule has 1 amide bonds. The Hall–Kier alpha value is -1.62. The molecular weight excluding hydrogens is 235 g/mol. The Kier molecular flexibility index (Phi) is 5.58. The van der Waals surface area contributed by atoms with E-state index in [4.69, 9.17) is 10.5 Å². The Morgan fingerprint density at radius 1 is 1.56 bits per heavy atom. The van der Waals surface area contributed by atoms with Crippen LogP contribution in [0, 0.1) is 12.7 Å². The number of carbonyl (C=O) groups excluding carboxylic acids is 1. The molecule has 100 valence electrons. The summed E-state index contributed by atoms with van der Waals surface area (Å²) in [5.41, 5.74) is 6.13. The van der Waals surface area contributed by atoms with Gasteiger partial charge in [-0.05, 0) is 37.6 Å². The third kappa shape index (κ3) is 4.33. The molecule has 3 N–H and O–H groups in total. The first-order chi connectivity index (χ1) is 8.54. The fourth-order valence-electron chi connectivity index (χ4n) is 1.45. The van der Waals surface area contributed by atoms with Gasteiger partial charge in [-0.25, -0.2) is 4.39 Å². The second-order valence-corrected chi connectivity index (χ2v) is 4.15. The van der Waals surface area contributed by atoms with Gasteiger partial charge in [0.1, 0.15) is 12.6 Å². The van der Waals surface area contributed by atoms with E-state index >= 15 is 0 Å². The largest absolute Gasteiger partial charge is 0.488 e. The SMILES string of the molecule is CCCNC(COc1cc(C)ccc1F)C(N)=O. The van der Waals surface area contributed by atoms with Crippen molar-refractivity contribution in [1.82, 2.24) is 5.32 Å². The van der Waals surface area contributed by atoms with Crippen molar-refractivity contribution >= 4 is 5.91 Å². The molecule has 0 saturated heterocycles. The highest BCUT2D eigenvalue weighted by molar-refractivity contribution is 5.80. The van der Waals surface area contributed by atoms with Gasteiger partial charge < -0.3 is 15.8 Å². The second kappa shape index (κ2) is 6.96. The van der Waals surface area contributed by atoms with E-state index < -0.39 is 17.8 Å². The van der Waals surface area contributed by atoms with Gasteiger partial charge in [0.15, 0.2) is 11.6 Å². The summed E-state index contributed by atoms with van der Waals surface area (Å²) in [6, 6.07) is 3.98. The molecule has 0 aliphatic rings. The van der Waals surface area contributed by atoms with Gasteiger partial charge in [-0.3, -0.25) is 4.79 Å². The van der Waals surface area contributed by atoms with Crippen molar-refractivity contribution in [3.8, 4) is 5.75 Å². The number of rotatable bonds is 7. The van der Waals surface area contributed by atoms with Crippen molar-refractivity contribution in [3.05, 3.63) is 29.6 Å². The number of nitrogens with two attached hydrogens (primary N) is 1. The lowest BCUT2D eigenvalue weighted by Crippen LogP contribution is -2.45. The molecule has 5 heteroatoms. The van der Waals surface area contributed by atoms with Crippen molar-refractivity contribution in [2.24, 2.45) is 5.73 Å². The number of ether oxygens (including phenoxy) is 1. The van der Waals surface area contributed by atoms with E-state index in [1.165, 1.54) is 6.07 Å². The maximum Gasteiger partial charge on any atom is 0.238 e. The monoisotopic (exact) mass is 254 g/mol. The fourth-order valence-corrected chi connectivity index (χ4v) is 1.45. The van der Waals surface area contributed by atoms with E-state index in [2.05, 4.69) is 5.32 Å². The van der Waals surface area contributed by atoms with Crippen LogP contribution < -0.4 is 15.8 Å². The molecule has 0 aromatic heterocycles. The van der Waals surface area contributed by atoms with Gasteiger partial charge >= 0.3 is 0 Å². The van der Waals surface area contributed by atoms with E-state index in [1.807, 2.05) is 13.8 Å². The van der Waals surface area contributed by atoms with E-state index in [9.17, 15) is 9.18 Å². The summed E-state index contributed by atoms with van der Waals surface area (Å²) in [5.74, 6) is -0.810. The Bertz CT molecular complexity index is 410. The van der Waals surface area contributed by atoms with Crippen LogP contribution in [0.25, 0.3) is 0 Å². The first-order valence-corrected chi connectivity index (χ1v) is 5.96. The van der Waals surface area contributed by atoms with E-state index in [0.29, 0.717) is 6.54 Å². The number of hydrogen-bond acceptors (Lipinski definition) is 3. The van der Waals surface area contributed by atoms with Crippen LogP contribution in [0.3, 0.4) is 0 Å². The molecule has 1 rings (SSSR count). The van der Waals surface area contributed by atoms with Crippen molar-refractivity contribution in [2.45, 2.75) is 26.3 Å². The smallest absolute Gasteiger partial charge is 0.238 e. The molecule has 0 saturated carbocycles. The molecule has 0 aliphatic heterocycles. The third-order valence-electron chi connectivity index (χ3n) is 2.48. The van der Waals surface area contributed by atoms with Gasteiger partial charge in [-0.2, -0.15) is 0 Å². The standard InChI is InChI=1S/C13H19FN2O2/c1-3-6-16-11(13(15)17)8-18-12-7-9(2)4-5-10(12)14/h4-5,7,11,16H,3,6,8H2,1-2H3,(H2,15,17). The number of halogens is 1. The zero-order valence-electron chi connectivity index (χ0n) is 10.7. The number of hydrogen-bond donors (Lipinski definition) is 2. The summed E-state index contributed by atoms with van der Waals surface area (Å²) in [6.45, 7) is 4.50. The molecule has 0 fully saturated rings. The lowest BCUT2D eigenvalue weighted by Gasteiger charge is -2.16. The van der Waals surface area contributed by atoms with Crippen LogP contribution in [0.15, 0.2) is 18.2 Å². The molecule has 0 heterocycles. The highest BCUT2D eigenvalue weighted by Crippen LogP contribution is 2.18. The summed E-state index contributed by atoms with van der Waals surface area (Å²) in [6.07, 6.45) is 0.878. The zero-order valence-corrected chi connectivity index (χ0v) is 10.7. The highest BCUT2D eigenvalue weighted by Gasteiger charge is 2.16. The minimum Gasteiger partial charge on any atom is -0.488 e. The van der Waals surface area contributed by atoms with Crippen LogP contribution in [-0.4, -0.2) is 25.1 Å². The van der Waals surface area contributed by atoms with Gasteiger partial charge in [0, 0.05) is 0 Å². The van der Waals surface area contributed by atoms with E-state index in [-0.39, 0.29) is 12.4 Å². The number of amides is 1. The molecule has 0 radical (unpaired) electrons. The summed E-state index contributed by atoms with van der Waals surface area (Å²) in [7, 11) is 0. The molecule has 0 spiro atoms. The summed E-state index contributed by atoms with van der Waals surface area (Å²) < 4.78 is 18.7. The van der Waals surface area contributed by atoms with Crippen molar-refractivity contribution < 1.29 is 13.9 Å². The normalized spacial score (nSPS) is 12.2. The Balaban J connectivity index is 2.60. The van der Waals surface area contributed by atoms with Gasteiger partial charge in [0.25, 0.3) is 0 Å². The molecular formula is C13H19FN2O2. The number of benzene rings is 1. The lowest BCUT2D eigenvalue weighted by molar-refractivity contribution is -0.120. The molecule has 1 aromatic rings. The van der Waals surface area contributed by atoms with Crippen LogP contribution in [-0.2, 0) is 4.79 Å². The van der Waals surface area contributed by atoms with Crippen molar-refractivity contribution in [3.63, 3.8) is 0 Å². The Morgan fingerprint density at radius 3 is 2.89 bits per heavy atom. The molecule has 1 unspecified atom stereocenters. The lowest BCUT2D eigenvalue weighted by atomic mass is 10.2. The van der Waals surface area contributed by atoms with Gasteiger partial charge in [0.2, 0.25) is 5.91 Å². The second-order valence-electron chi connectivity index (χ2n) is 4.15. The Morgan fingerprint density at radius 2 is 2.28 bits per heavy atom. The van der Waals surface area contributed by atoms with Crippen LogP contribution in [0.1, 0.15) is 18.9 Å². The predicted octanol–water partition coefficient (Wildman–Crippen LogP) is 1.37. The van der Waals surface area contributed by atoms with Crippen LogP contribution in [0.5, 0.6) is 5.75 Å². The van der Waals surface area contributed by atoms with Gasteiger partial charge in [-0.1, -0.05) is 13.0 Å². The van der Waals surface area contributed by atoms with E-state index in [1.54, 1.807) is 12.1 Å². The van der Waals surface area contributed by atoms with Crippen molar-refractivity contribution in [2.75, 3.05) is 13.2 Å². The number of nitrogens with one attached hydrogen (secondary N) is 1. The number of carbonyl (C=O) groups is 1. The minimum atomic E-state index is -0.607. The van der Waals surface area contributed by atoms with Gasteiger partial charge in [0.05, 0.1) is 0 Å². The molecule has 18 heavy (non-hydrogen) atoms. The first-order valence-electron chi connectivity index (χ1n) is 5.96. The predicted molar refractivity (Wildman–Crippen MR) is 67.9 cm³/mol. The van der Waals surface area contributed by atoms with Crippen molar-refractivity contribution in [1.29, 1.82) is 0 Å². The quantitative estimate of drug-likeness (QED) is 0.772. The maximum atomic E-state index is 13.4.